The molecular formula is C8H9BF3KN2O2. The van der Waals surface area contributed by atoms with Crippen molar-refractivity contribution in [3.05, 3.63) is 34.5 Å². The second-order valence-electron chi connectivity index (χ2n) is 3.10. The average molecular weight is 272 g/mol. The summed E-state index contributed by atoms with van der Waals surface area (Å²) in [5.74, 6) is 0.0714. The van der Waals surface area contributed by atoms with Gasteiger partial charge in [0.1, 0.15) is 0 Å². The van der Waals surface area contributed by atoms with Gasteiger partial charge in [-0.25, -0.2) is 4.68 Å². The fourth-order valence-electron chi connectivity index (χ4n) is 0.948. The molecule has 1 heterocycles. The van der Waals surface area contributed by atoms with E-state index in [1.807, 2.05) is 0 Å². The van der Waals surface area contributed by atoms with Crippen LogP contribution in [-0.2, 0) is 6.54 Å². The Kier molecular flexibility index (Phi) is 6.70. The van der Waals surface area contributed by atoms with E-state index in [0.29, 0.717) is 4.68 Å². The molecular weight excluding hydrogens is 263 g/mol. The van der Waals surface area contributed by atoms with Gasteiger partial charge in [-0.05, 0) is 0 Å². The van der Waals surface area contributed by atoms with Gasteiger partial charge in [0.15, 0.2) is 0 Å². The van der Waals surface area contributed by atoms with Crippen molar-refractivity contribution in [3.63, 3.8) is 0 Å². The molecule has 4 nitrogen and oxygen atoms in total. The van der Waals surface area contributed by atoms with Crippen LogP contribution in [-0.4, -0.2) is 23.9 Å². The Bertz CT molecular complexity index is 461. The van der Waals surface area contributed by atoms with Crippen LogP contribution in [0.1, 0.15) is 0 Å². The first-order valence-corrected chi connectivity index (χ1v) is 4.34. The maximum absolute atomic E-state index is 12.2. The summed E-state index contributed by atoms with van der Waals surface area (Å²) >= 11 is 0. The van der Waals surface area contributed by atoms with Gasteiger partial charge < -0.3 is 17.7 Å². The first-order chi connectivity index (χ1) is 7.34. The Balaban J connectivity index is 0.00000256. The van der Waals surface area contributed by atoms with Crippen LogP contribution in [0.4, 0.5) is 12.9 Å². The zero-order chi connectivity index (χ0) is 12.3. The zero-order valence-corrected chi connectivity index (χ0v) is 12.6. The van der Waals surface area contributed by atoms with Crippen LogP contribution in [0.25, 0.3) is 0 Å². The third-order valence-corrected chi connectivity index (χ3v) is 1.87. The van der Waals surface area contributed by atoms with Crippen LogP contribution in [0, 0.1) is 0 Å². The summed E-state index contributed by atoms with van der Waals surface area (Å²) in [5.41, 5.74) is -1.62. The van der Waals surface area contributed by atoms with E-state index in [-0.39, 0.29) is 57.3 Å². The summed E-state index contributed by atoms with van der Waals surface area (Å²) in [6, 6.07) is 2.36. The fourth-order valence-corrected chi connectivity index (χ4v) is 0.948. The van der Waals surface area contributed by atoms with Crippen molar-refractivity contribution in [3.8, 4) is 5.88 Å². The molecule has 88 valence electrons. The Hall–Kier alpha value is -0.0887. The minimum atomic E-state index is -5.16. The van der Waals surface area contributed by atoms with Crippen molar-refractivity contribution in [2.24, 2.45) is 0 Å². The van der Waals surface area contributed by atoms with Crippen LogP contribution in [0.5, 0.6) is 5.88 Å². The van der Waals surface area contributed by atoms with Gasteiger partial charge in [-0.3, -0.25) is 4.79 Å². The molecule has 0 saturated carbocycles. The fraction of sp³-hybridized carbons (Fsp3) is 0.250. The molecule has 0 bridgehead atoms. The third-order valence-electron chi connectivity index (χ3n) is 1.87. The molecule has 0 fully saturated rings. The largest absolute Gasteiger partial charge is 1.00 e. The van der Waals surface area contributed by atoms with Gasteiger partial charge in [-0.15, -0.1) is 17.2 Å². The van der Waals surface area contributed by atoms with Crippen LogP contribution >= 0.6 is 0 Å². The maximum Gasteiger partial charge on any atom is 1.00 e. The molecule has 0 atom stereocenters. The number of rotatable bonds is 4. The quantitative estimate of drug-likeness (QED) is 0.607. The molecule has 0 amide bonds. The van der Waals surface area contributed by atoms with Crippen LogP contribution in [0.3, 0.4) is 0 Å². The van der Waals surface area contributed by atoms with Gasteiger partial charge in [0.05, 0.1) is 7.11 Å². The molecule has 1 aromatic heterocycles. The van der Waals surface area contributed by atoms with Crippen LogP contribution in [0.2, 0.25) is 0 Å². The normalized spacial score (nSPS) is 10.6. The van der Waals surface area contributed by atoms with Gasteiger partial charge in [0, 0.05) is 18.7 Å². The Morgan fingerprint density at radius 3 is 2.59 bits per heavy atom. The number of aromatic nitrogens is 2. The minimum absolute atomic E-state index is 0. The summed E-state index contributed by atoms with van der Waals surface area (Å²) in [7, 11) is 1.31. The van der Waals surface area contributed by atoms with Crippen molar-refractivity contribution in [1.29, 1.82) is 0 Å². The standard InChI is InChI=1S/C8H9BF3N2O2.K/c1-6(9(10,11)12)5-14-8(15)4-3-7(13-14)16-2;/h3-4H,1,5H2,2H3;/q-1;+1. The van der Waals surface area contributed by atoms with Crippen molar-refractivity contribution < 1.29 is 69.1 Å². The summed E-state index contributed by atoms with van der Waals surface area (Å²) in [4.78, 5) is 11.2. The molecule has 0 unspecified atom stereocenters. The monoisotopic (exact) mass is 272 g/mol. The first-order valence-electron chi connectivity index (χ1n) is 4.34. The van der Waals surface area contributed by atoms with Gasteiger partial charge >= 0.3 is 58.4 Å². The van der Waals surface area contributed by atoms with E-state index in [4.69, 9.17) is 4.74 Å². The minimum Gasteiger partial charge on any atom is -0.480 e. The predicted octanol–water partition coefficient (Wildman–Crippen LogP) is -1.80. The first kappa shape index (κ1) is 16.9. The number of ether oxygens (including phenoxy) is 1. The maximum atomic E-state index is 12.2. The topological polar surface area (TPSA) is 44.1 Å². The van der Waals surface area contributed by atoms with E-state index in [9.17, 15) is 17.7 Å². The number of allylic oxidation sites excluding steroid dienone is 1. The second kappa shape index (κ2) is 6.74. The molecule has 0 spiro atoms. The van der Waals surface area contributed by atoms with Crippen molar-refractivity contribution in [2.75, 3.05) is 7.11 Å². The van der Waals surface area contributed by atoms with Crippen LogP contribution < -0.4 is 61.7 Å². The Labute approximate surface area is 138 Å². The molecule has 0 N–H and O–H groups in total. The molecule has 0 saturated heterocycles. The molecule has 0 aliphatic heterocycles. The number of hydrogen-bond donors (Lipinski definition) is 0. The van der Waals surface area contributed by atoms with Gasteiger partial charge in [0.25, 0.3) is 5.56 Å². The van der Waals surface area contributed by atoms with Crippen molar-refractivity contribution >= 4 is 6.98 Å². The SMILES string of the molecule is C=C(Cn1nc(OC)ccc1=O)[B-](F)(F)F.[K+]. The number of hydrogen-bond acceptors (Lipinski definition) is 3. The van der Waals surface area contributed by atoms with E-state index < -0.39 is 24.6 Å². The van der Waals surface area contributed by atoms with E-state index >= 15 is 0 Å². The van der Waals surface area contributed by atoms with E-state index in [1.54, 1.807) is 0 Å². The summed E-state index contributed by atoms with van der Waals surface area (Å²) in [6.45, 7) is -2.96. The molecule has 1 aromatic rings. The number of methoxy groups -OCH3 is 1. The molecule has 0 aliphatic carbocycles. The predicted molar refractivity (Wildman–Crippen MR) is 53.3 cm³/mol. The van der Waals surface area contributed by atoms with E-state index in [0.717, 1.165) is 6.07 Å². The number of nitrogens with zero attached hydrogens (tertiary/aromatic N) is 2. The molecule has 0 aliphatic rings. The third kappa shape index (κ3) is 4.96. The van der Waals surface area contributed by atoms with Gasteiger partial charge in [0.2, 0.25) is 5.88 Å². The summed E-state index contributed by atoms with van der Waals surface area (Å²) in [5, 5.41) is 3.58. The van der Waals surface area contributed by atoms with Gasteiger partial charge in [-0.2, -0.15) is 0 Å². The van der Waals surface area contributed by atoms with E-state index in [1.165, 1.54) is 13.2 Å². The molecule has 0 radical (unpaired) electrons. The summed E-state index contributed by atoms with van der Waals surface area (Å²) < 4.78 is 42.1. The van der Waals surface area contributed by atoms with Crippen molar-refractivity contribution in [2.45, 2.75) is 6.54 Å². The van der Waals surface area contributed by atoms with Crippen LogP contribution in [0.15, 0.2) is 29.0 Å². The van der Waals surface area contributed by atoms with E-state index in [2.05, 4.69) is 11.7 Å². The molecule has 1 rings (SSSR count). The number of halogens is 3. The smallest absolute Gasteiger partial charge is 0.480 e. The second-order valence-corrected chi connectivity index (χ2v) is 3.10. The Morgan fingerprint density at radius 2 is 2.12 bits per heavy atom. The zero-order valence-electron chi connectivity index (χ0n) is 9.49. The average Bonchev–Trinajstić information content (AvgIpc) is 2.19. The Morgan fingerprint density at radius 1 is 1.53 bits per heavy atom. The van der Waals surface area contributed by atoms with Gasteiger partial charge in [-0.1, -0.05) is 0 Å². The summed E-state index contributed by atoms with van der Waals surface area (Å²) in [6.07, 6.45) is 0. The molecule has 0 aromatic carbocycles. The molecule has 17 heavy (non-hydrogen) atoms. The van der Waals surface area contributed by atoms with Crippen molar-refractivity contribution in [1.82, 2.24) is 9.78 Å². The molecule has 9 heteroatoms.